The number of carbonyl (C=O) groups excluding carboxylic acids is 1. The van der Waals surface area contributed by atoms with Gasteiger partial charge in [0.25, 0.3) is 0 Å². The van der Waals surface area contributed by atoms with Gasteiger partial charge in [0.15, 0.2) is 0 Å². The van der Waals surface area contributed by atoms with Crippen molar-refractivity contribution in [2.45, 2.75) is 11.8 Å². The van der Waals surface area contributed by atoms with Crippen LogP contribution < -0.4 is 39.7 Å². The number of nitrogens with zero attached hydrogens (tertiary/aromatic N) is 4. The first-order valence-corrected chi connectivity index (χ1v) is 9.55. The van der Waals surface area contributed by atoms with Crippen molar-refractivity contribution in [3.8, 4) is 0 Å². The minimum absolute atomic E-state index is 0. The van der Waals surface area contributed by atoms with Crippen molar-refractivity contribution in [3.05, 3.63) is 52.5 Å². The Morgan fingerprint density at radius 2 is 1.75 bits per heavy atom. The van der Waals surface area contributed by atoms with E-state index in [0.29, 0.717) is 10.7 Å². The first kappa shape index (κ1) is 24.5. The van der Waals surface area contributed by atoms with Crippen LogP contribution in [0.4, 0.5) is 11.4 Å². The molecule has 0 saturated heterocycles. The fraction of sp³-hybridized carbons (Fsp3) is 0.235. The Bertz CT molecular complexity index is 1010. The summed E-state index contributed by atoms with van der Waals surface area (Å²) in [5, 5.41) is 21.3. The molecule has 0 aliphatic rings. The summed E-state index contributed by atoms with van der Waals surface area (Å²) in [6, 6.07) is 8.80. The molecule has 0 aliphatic heterocycles. The third-order valence-corrected chi connectivity index (χ3v) is 5.82. The zero-order chi connectivity index (χ0) is 20.4. The van der Waals surface area contributed by atoms with E-state index in [9.17, 15) is 18.3 Å². The van der Waals surface area contributed by atoms with Crippen LogP contribution in [-0.4, -0.2) is 39.8 Å². The van der Waals surface area contributed by atoms with Crippen LogP contribution in [0.25, 0.3) is 0 Å². The topological polar surface area (TPSA) is 105 Å². The molecule has 0 N–H and O–H groups in total. The van der Waals surface area contributed by atoms with Gasteiger partial charge in [0.05, 0.1) is 22.2 Å². The van der Waals surface area contributed by atoms with E-state index in [2.05, 4.69) is 10.3 Å². The average Bonchev–Trinajstić information content (AvgIpc) is 2.61. The van der Waals surface area contributed by atoms with Crippen molar-refractivity contribution in [3.63, 3.8) is 0 Å². The summed E-state index contributed by atoms with van der Waals surface area (Å²) in [5.41, 5.74) is 1.18. The molecule has 2 aromatic carbocycles. The van der Waals surface area contributed by atoms with Crippen LogP contribution in [-0.2, 0) is 10.0 Å². The molecule has 144 valence electrons. The maximum atomic E-state index is 12.2. The van der Waals surface area contributed by atoms with Gasteiger partial charge in [-0.1, -0.05) is 22.9 Å². The quantitative estimate of drug-likeness (QED) is 0.344. The largest absolute Gasteiger partial charge is 1.00 e. The Morgan fingerprint density at radius 3 is 2.32 bits per heavy atom. The zero-order valence-corrected chi connectivity index (χ0v) is 19.7. The summed E-state index contributed by atoms with van der Waals surface area (Å²) in [6.07, 6.45) is 0. The molecule has 0 bridgehead atoms. The number of carbonyl (C=O) groups is 1. The fourth-order valence-corrected chi connectivity index (χ4v) is 3.28. The third-order valence-electron chi connectivity index (χ3n) is 3.77. The van der Waals surface area contributed by atoms with Crippen LogP contribution in [0, 0.1) is 6.92 Å². The van der Waals surface area contributed by atoms with Gasteiger partial charge in [-0.05, 0) is 42.8 Å². The molecule has 8 nitrogen and oxygen atoms in total. The standard InChI is InChI=1S/C17H19ClN4O4S.Na/c1-11-5-6-12(18)9-15(11)19-20-22(4)16-8-7-13(10-14(16)17(23)24)27(25,26)21(2)3;/h5-10H,1-4H3,(H,23,24);/q;+1/p-1. The molecule has 0 radical (unpaired) electrons. The van der Waals surface area contributed by atoms with Crippen LogP contribution in [0.15, 0.2) is 51.6 Å². The Morgan fingerprint density at radius 1 is 1.11 bits per heavy atom. The molecule has 0 atom stereocenters. The number of hydrogen-bond acceptors (Lipinski definition) is 6. The van der Waals surface area contributed by atoms with Gasteiger partial charge in [-0.2, -0.15) is 0 Å². The molecular weight excluding hydrogens is 415 g/mol. The number of rotatable bonds is 6. The minimum Gasteiger partial charge on any atom is -0.545 e. The maximum absolute atomic E-state index is 12.2. The summed E-state index contributed by atoms with van der Waals surface area (Å²) in [5.74, 6) is -1.53. The second-order valence-electron chi connectivity index (χ2n) is 5.90. The number of carboxylic acid groups (broad SMARTS) is 1. The Hall–Kier alpha value is -1.49. The van der Waals surface area contributed by atoms with Crippen LogP contribution in [0.5, 0.6) is 0 Å². The summed E-state index contributed by atoms with van der Waals surface area (Å²) >= 11 is 5.94. The number of sulfonamides is 1. The number of carboxylic acids is 1. The van der Waals surface area contributed by atoms with E-state index in [-0.39, 0.29) is 45.7 Å². The number of aryl methyl sites for hydroxylation is 1. The minimum atomic E-state index is -3.79. The molecule has 28 heavy (non-hydrogen) atoms. The number of aromatic carboxylic acids is 1. The van der Waals surface area contributed by atoms with Crippen LogP contribution in [0.2, 0.25) is 5.02 Å². The molecule has 0 aromatic heterocycles. The van der Waals surface area contributed by atoms with Gasteiger partial charge in [-0.25, -0.2) is 17.7 Å². The van der Waals surface area contributed by atoms with Crippen LogP contribution in [0.3, 0.4) is 0 Å². The first-order valence-electron chi connectivity index (χ1n) is 7.73. The molecular formula is C17H18ClN4NaO4S. The molecule has 0 aliphatic carbocycles. The summed E-state index contributed by atoms with van der Waals surface area (Å²) < 4.78 is 25.4. The van der Waals surface area contributed by atoms with E-state index in [1.807, 2.05) is 6.92 Å². The number of hydrogen-bond donors (Lipinski definition) is 0. The van der Waals surface area contributed by atoms with Crippen LogP contribution in [0.1, 0.15) is 15.9 Å². The van der Waals surface area contributed by atoms with Crippen molar-refractivity contribution >= 4 is 39.0 Å². The Labute approximate surface area is 191 Å². The first-order chi connectivity index (χ1) is 12.5. The van der Waals surface area contributed by atoms with Crippen molar-refractivity contribution in [1.82, 2.24) is 4.31 Å². The summed E-state index contributed by atoms with van der Waals surface area (Å²) in [7, 11) is 0.419. The maximum Gasteiger partial charge on any atom is 1.00 e. The zero-order valence-electron chi connectivity index (χ0n) is 16.2. The molecule has 2 rings (SSSR count). The van der Waals surface area contributed by atoms with Gasteiger partial charge in [0.1, 0.15) is 0 Å². The molecule has 0 spiro atoms. The van der Waals surface area contributed by atoms with E-state index < -0.39 is 16.0 Å². The third kappa shape index (κ3) is 5.53. The van der Waals surface area contributed by atoms with Gasteiger partial charge < -0.3 is 9.90 Å². The number of anilines is 1. The van der Waals surface area contributed by atoms with Gasteiger partial charge in [0.2, 0.25) is 10.0 Å². The Balaban J connectivity index is 0.00000392. The molecule has 0 heterocycles. The van der Waals surface area contributed by atoms with Gasteiger partial charge in [-0.15, -0.1) is 5.11 Å². The summed E-state index contributed by atoms with van der Waals surface area (Å²) in [4.78, 5) is 11.4. The van der Waals surface area contributed by atoms with E-state index in [0.717, 1.165) is 15.9 Å². The van der Waals surface area contributed by atoms with E-state index in [4.69, 9.17) is 11.6 Å². The van der Waals surface area contributed by atoms with Crippen LogP contribution >= 0.6 is 11.6 Å². The smallest absolute Gasteiger partial charge is 0.545 e. The number of halogens is 1. The van der Waals surface area contributed by atoms with Crippen molar-refractivity contribution in [2.75, 3.05) is 26.2 Å². The predicted molar refractivity (Wildman–Crippen MR) is 101 cm³/mol. The van der Waals surface area contributed by atoms with Crippen molar-refractivity contribution in [1.29, 1.82) is 0 Å². The predicted octanol–water partition coefficient (Wildman–Crippen LogP) is -0.599. The van der Waals surface area contributed by atoms with E-state index in [1.165, 1.54) is 38.3 Å². The normalized spacial score (nSPS) is 11.5. The Kier molecular flexibility index (Phi) is 8.61. The van der Waals surface area contributed by atoms with Gasteiger partial charge in [-0.3, -0.25) is 0 Å². The molecule has 0 saturated carbocycles. The fourth-order valence-electron chi connectivity index (χ4n) is 2.19. The number of benzene rings is 2. The molecule has 0 fully saturated rings. The van der Waals surface area contributed by atoms with Crippen molar-refractivity contribution in [2.24, 2.45) is 10.3 Å². The second-order valence-corrected chi connectivity index (χ2v) is 8.49. The molecule has 0 unspecified atom stereocenters. The molecule has 11 heteroatoms. The molecule has 2 aromatic rings. The average molecular weight is 433 g/mol. The van der Waals surface area contributed by atoms with Crippen molar-refractivity contribution < 1.29 is 47.9 Å². The SMILES string of the molecule is Cc1ccc(Cl)cc1N=NN(C)c1ccc(S(=O)(=O)N(C)C)cc1C(=O)[O-].[Na+]. The monoisotopic (exact) mass is 432 g/mol. The van der Waals surface area contributed by atoms with E-state index >= 15 is 0 Å². The van der Waals surface area contributed by atoms with Gasteiger partial charge >= 0.3 is 29.6 Å². The second kappa shape index (κ2) is 9.82. The summed E-state index contributed by atoms with van der Waals surface area (Å²) in [6.45, 7) is 1.83. The van der Waals surface area contributed by atoms with E-state index in [1.54, 1.807) is 18.2 Å². The molecule has 0 amide bonds. The van der Waals surface area contributed by atoms with Gasteiger partial charge in [0, 0.05) is 31.7 Å².